The Hall–Kier alpha value is -3.47. The normalized spacial score (nSPS) is 13.4. The third-order valence-corrected chi connectivity index (χ3v) is 6.46. The molecule has 1 N–H and O–H groups in total. The van der Waals surface area contributed by atoms with E-state index in [0.717, 1.165) is 10.6 Å². The minimum Gasteiger partial charge on any atom is -0.465 e. The first-order valence-electron chi connectivity index (χ1n) is 12.4. The average molecular weight is 546 g/mol. The van der Waals surface area contributed by atoms with E-state index in [1.54, 1.807) is 37.8 Å². The van der Waals surface area contributed by atoms with Gasteiger partial charge in [0.2, 0.25) is 0 Å². The van der Waals surface area contributed by atoms with E-state index in [2.05, 4.69) is 10.3 Å². The predicted molar refractivity (Wildman–Crippen MR) is 142 cm³/mol. The van der Waals surface area contributed by atoms with E-state index < -0.39 is 29.2 Å². The van der Waals surface area contributed by atoms with Gasteiger partial charge in [-0.3, -0.25) is 9.59 Å². The van der Waals surface area contributed by atoms with Crippen LogP contribution in [0.4, 0.5) is 10.5 Å². The van der Waals surface area contributed by atoms with Gasteiger partial charge in [-0.1, -0.05) is 6.07 Å². The lowest BCUT2D eigenvalue weighted by atomic mass is 10.0. The molecule has 2 aromatic rings. The van der Waals surface area contributed by atoms with Crippen LogP contribution in [0.1, 0.15) is 84.3 Å². The third kappa shape index (κ3) is 8.01. The number of esters is 2. The van der Waals surface area contributed by atoms with E-state index in [0.29, 0.717) is 37.2 Å². The molecular formula is C27H35N3O7S. The summed E-state index contributed by atoms with van der Waals surface area (Å²) in [6.07, 6.45) is 0.503. The van der Waals surface area contributed by atoms with E-state index in [9.17, 15) is 19.2 Å². The Morgan fingerprint density at radius 2 is 1.74 bits per heavy atom. The third-order valence-electron chi connectivity index (χ3n) is 5.37. The number of methoxy groups -OCH3 is 1. The van der Waals surface area contributed by atoms with Crippen LogP contribution in [-0.4, -0.2) is 58.7 Å². The number of aryl methyl sites for hydroxylation is 1. The zero-order chi connectivity index (χ0) is 28.3. The molecule has 0 fully saturated rings. The van der Waals surface area contributed by atoms with Crippen molar-refractivity contribution in [3.63, 3.8) is 0 Å². The van der Waals surface area contributed by atoms with E-state index in [4.69, 9.17) is 14.2 Å². The summed E-state index contributed by atoms with van der Waals surface area (Å²) >= 11 is 1.21. The number of nitrogens with zero attached hydrogens (tertiary/aromatic N) is 2. The number of benzene rings is 1. The molecule has 0 atom stereocenters. The van der Waals surface area contributed by atoms with Crippen molar-refractivity contribution in [1.82, 2.24) is 9.88 Å². The largest absolute Gasteiger partial charge is 0.465 e. The summed E-state index contributed by atoms with van der Waals surface area (Å²) < 4.78 is 15.7. The lowest BCUT2D eigenvalue weighted by Crippen LogP contribution is -2.39. The summed E-state index contributed by atoms with van der Waals surface area (Å²) in [6, 6.07) is 4.78. The van der Waals surface area contributed by atoms with E-state index >= 15 is 0 Å². The standard InChI is InChI=1S/C27H35N3O7S/c1-26(2,3)36-21(31)11-10-16-8-9-17(24(33)35-7)14-19(16)28-22(32)23-29-18-12-13-30(15-20(18)38-23)25(34)37-27(4,5)6/h8-9,14H,10-13,15H2,1-7H3,(H,28,32). The van der Waals surface area contributed by atoms with Crippen LogP contribution < -0.4 is 5.32 Å². The molecule has 0 bridgehead atoms. The maximum Gasteiger partial charge on any atom is 0.410 e. The molecule has 0 saturated carbocycles. The van der Waals surface area contributed by atoms with Crippen molar-refractivity contribution < 1.29 is 33.4 Å². The highest BCUT2D eigenvalue weighted by molar-refractivity contribution is 7.13. The van der Waals surface area contributed by atoms with Crippen molar-refractivity contribution in [1.29, 1.82) is 0 Å². The first-order valence-corrected chi connectivity index (χ1v) is 13.2. The van der Waals surface area contributed by atoms with Gasteiger partial charge in [-0.2, -0.15) is 0 Å². The fourth-order valence-corrected chi connectivity index (χ4v) is 4.75. The summed E-state index contributed by atoms with van der Waals surface area (Å²) in [7, 11) is 1.28. The average Bonchev–Trinajstić information content (AvgIpc) is 3.24. The molecule has 2 amide bonds. The van der Waals surface area contributed by atoms with Gasteiger partial charge in [-0.25, -0.2) is 14.6 Å². The second kappa shape index (κ2) is 11.5. The van der Waals surface area contributed by atoms with Gasteiger partial charge in [-0.15, -0.1) is 11.3 Å². The lowest BCUT2D eigenvalue weighted by Gasteiger charge is -2.29. The van der Waals surface area contributed by atoms with Crippen LogP contribution in [0.3, 0.4) is 0 Å². The number of fused-ring (bicyclic) bond motifs is 1. The zero-order valence-electron chi connectivity index (χ0n) is 22.9. The Kier molecular flexibility index (Phi) is 8.81. The Labute approximate surface area is 226 Å². The Morgan fingerprint density at radius 1 is 1.05 bits per heavy atom. The number of rotatable bonds is 6. The molecule has 0 aliphatic carbocycles. The van der Waals surface area contributed by atoms with E-state index in [1.165, 1.54) is 24.5 Å². The van der Waals surface area contributed by atoms with Crippen LogP contribution in [0.2, 0.25) is 0 Å². The van der Waals surface area contributed by atoms with Gasteiger partial charge in [0.1, 0.15) is 11.2 Å². The highest BCUT2D eigenvalue weighted by Crippen LogP contribution is 2.28. The van der Waals surface area contributed by atoms with Gasteiger partial charge >= 0.3 is 18.0 Å². The molecule has 10 nitrogen and oxygen atoms in total. The Bertz CT molecular complexity index is 1220. The molecule has 3 rings (SSSR count). The molecule has 206 valence electrons. The number of thiazole rings is 1. The summed E-state index contributed by atoms with van der Waals surface area (Å²) in [4.78, 5) is 56.9. The molecule has 38 heavy (non-hydrogen) atoms. The number of amides is 2. The molecule has 11 heteroatoms. The van der Waals surface area contributed by atoms with Crippen molar-refractivity contribution in [2.75, 3.05) is 19.0 Å². The first-order chi connectivity index (χ1) is 17.6. The quantitative estimate of drug-likeness (QED) is 0.407. The van der Waals surface area contributed by atoms with Gasteiger partial charge in [0.15, 0.2) is 5.01 Å². The Balaban J connectivity index is 1.77. The van der Waals surface area contributed by atoms with E-state index in [1.807, 2.05) is 20.8 Å². The number of carbonyl (C=O) groups excluding carboxylic acids is 4. The molecule has 1 aliphatic heterocycles. The summed E-state index contributed by atoms with van der Waals surface area (Å²) in [5, 5.41) is 3.07. The smallest absolute Gasteiger partial charge is 0.410 e. The number of hydrogen-bond acceptors (Lipinski definition) is 9. The number of nitrogens with one attached hydrogen (secondary N) is 1. The molecule has 1 aromatic carbocycles. The van der Waals surface area contributed by atoms with Crippen molar-refractivity contribution in [2.45, 2.75) is 78.6 Å². The molecule has 1 aliphatic rings. The molecule has 2 heterocycles. The minimum atomic E-state index is -0.605. The van der Waals surface area contributed by atoms with Crippen molar-refractivity contribution in [3.05, 3.63) is 44.9 Å². The Morgan fingerprint density at radius 3 is 2.37 bits per heavy atom. The SMILES string of the molecule is COC(=O)c1ccc(CCC(=O)OC(C)(C)C)c(NC(=O)c2nc3c(s2)CN(C(=O)OC(C)(C)C)CC3)c1. The summed E-state index contributed by atoms with van der Waals surface area (Å²) in [5.41, 5.74) is 0.866. The van der Waals surface area contributed by atoms with Crippen molar-refractivity contribution in [2.24, 2.45) is 0 Å². The second-order valence-electron chi connectivity index (χ2n) is 10.9. The van der Waals surface area contributed by atoms with Gasteiger partial charge in [-0.05, 0) is 65.7 Å². The number of aromatic nitrogens is 1. The van der Waals surface area contributed by atoms with Crippen LogP contribution >= 0.6 is 11.3 Å². The van der Waals surface area contributed by atoms with Crippen LogP contribution in [0.5, 0.6) is 0 Å². The van der Waals surface area contributed by atoms with Gasteiger partial charge in [0.25, 0.3) is 5.91 Å². The number of ether oxygens (including phenoxy) is 3. The fourth-order valence-electron chi connectivity index (χ4n) is 3.74. The van der Waals surface area contributed by atoms with E-state index in [-0.39, 0.29) is 23.0 Å². The second-order valence-corrected chi connectivity index (χ2v) is 12.0. The minimum absolute atomic E-state index is 0.101. The van der Waals surface area contributed by atoms with Crippen molar-refractivity contribution in [3.8, 4) is 0 Å². The van der Waals surface area contributed by atoms with Gasteiger partial charge < -0.3 is 24.4 Å². The van der Waals surface area contributed by atoms with Gasteiger partial charge in [0, 0.05) is 30.0 Å². The fraction of sp³-hybridized carbons (Fsp3) is 0.519. The molecule has 1 aromatic heterocycles. The predicted octanol–water partition coefficient (Wildman–Crippen LogP) is 4.75. The summed E-state index contributed by atoms with van der Waals surface area (Å²) in [5.74, 6) is -1.37. The zero-order valence-corrected chi connectivity index (χ0v) is 23.7. The van der Waals surface area contributed by atoms with Crippen LogP contribution in [0.25, 0.3) is 0 Å². The monoisotopic (exact) mass is 545 g/mol. The summed E-state index contributed by atoms with van der Waals surface area (Å²) in [6.45, 7) is 11.6. The van der Waals surface area contributed by atoms with Crippen molar-refractivity contribution >= 4 is 41.0 Å². The van der Waals surface area contributed by atoms with Crippen LogP contribution in [-0.2, 0) is 38.4 Å². The van der Waals surface area contributed by atoms with Gasteiger partial charge in [0.05, 0.1) is 24.9 Å². The maximum absolute atomic E-state index is 13.2. The maximum atomic E-state index is 13.2. The number of carbonyl (C=O) groups is 4. The molecule has 0 unspecified atom stereocenters. The van der Waals surface area contributed by atoms with Crippen LogP contribution in [0.15, 0.2) is 18.2 Å². The first kappa shape index (κ1) is 29.1. The number of hydrogen-bond donors (Lipinski definition) is 1. The molecular weight excluding hydrogens is 510 g/mol. The topological polar surface area (TPSA) is 124 Å². The molecule has 0 saturated heterocycles. The lowest BCUT2D eigenvalue weighted by molar-refractivity contribution is -0.154. The highest BCUT2D eigenvalue weighted by atomic mass is 32.1. The highest BCUT2D eigenvalue weighted by Gasteiger charge is 2.29. The van der Waals surface area contributed by atoms with Crippen LogP contribution in [0, 0.1) is 0 Å². The molecule has 0 spiro atoms. The number of anilines is 1. The molecule has 0 radical (unpaired) electrons.